The molecule has 0 aliphatic carbocycles. The maximum absolute atomic E-state index is 14.0. The van der Waals surface area contributed by atoms with E-state index in [9.17, 15) is 31.1 Å². The predicted molar refractivity (Wildman–Crippen MR) is 136 cm³/mol. The Kier molecular flexibility index (Phi) is 10.4. The van der Waals surface area contributed by atoms with Gasteiger partial charge in [-0.05, 0) is 47.2 Å². The molecule has 0 amide bonds. The van der Waals surface area contributed by atoms with Gasteiger partial charge in [0.2, 0.25) is 0 Å². The average molecular weight is 595 g/mol. The number of nitrogens with two attached hydrogens (primary N) is 2. The molecule has 0 aliphatic rings. The summed E-state index contributed by atoms with van der Waals surface area (Å²) in [6.07, 6.45) is -16.7. The van der Waals surface area contributed by atoms with Crippen molar-refractivity contribution >= 4 is 27.4 Å². The minimum Gasteiger partial charge on any atom is -0.493 e. The van der Waals surface area contributed by atoms with Crippen LogP contribution in [0, 0.1) is 0 Å². The summed E-state index contributed by atoms with van der Waals surface area (Å²) in [5, 5.41) is 0.904. The molecule has 1 unspecified atom stereocenters. The molecule has 0 radical (unpaired) electrons. The first-order valence-electron chi connectivity index (χ1n) is 12.1. The van der Waals surface area contributed by atoms with Crippen molar-refractivity contribution in [2.24, 2.45) is 11.5 Å². The first-order valence-corrected chi connectivity index (χ1v) is 13.0. The van der Waals surface area contributed by atoms with Crippen LogP contribution in [0.3, 0.4) is 0 Å². The average Bonchev–Trinajstić information content (AvgIpc) is 3.29. The molecule has 1 heterocycles. The van der Waals surface area contributed by atoms with Gasteiger partial charge in [-0.3, -0.25) is 4.79 Å². The summed E-state index contributed by atoms with van der Waals surface area (Å²) in [5.41, 5.74) is 12.6. The number of carbonyl (C=O) groups excluding carboxylic acids is 1. The number of aryl methyl sites for hydroxylation is 1. The molecule has 220 valence electrons. The van der Waals surface area contributed by atoms with Gasteiger partial charge in [-0.25, -0.2) is 9.47 Å². The third-order valence-corrected chi connectivity index (χ3v) is 6.68. The number of halogens is 6. The molecule has 40 heavy (non-hydrogen) atoms. The molecule has 1 atom stereocenters. The number of thiophene rings is 1. The molecule has 7 nitrogen and oxygen atoms in total. The van der Waals surface area contributed by atoms with E-state index >= 15 is 0 Å². The Labute approximate surface area is 229 Å². The summed E-state index contributed by atoms with van der Waals surface area (Å²) >= 11 is 1.48. The standard InChI is InChI=1S/C26H28F6N2O5S/c1-2-16-5-3-4-6-19(16)22-13-17-7-8-18(14-21(17)40-22)36-11-9-24(27,28)38-26(31,32)39-25(29,30)10-12-37-23(35)20(34)15-33/h3-8,13-14,20H,2,9-12,15,33-34H2,1H3. The summed E-state index contributed by atoms with van der Waals surface area (Å²) in [5.74, 6) is -0.938. The number of fused-ring (bicyclic) bond motifs is 1. The minimum atomic E-state index is -5.37. The van der Waals surface area contributed by atoms with Crippen LogP contribution in [0.2, 0.25) is 0 Å². The smallest absolute Gasteiger partial charge is 0.493 e. The Morgan fingerprint density at radius 3 is 2.25 bits per heavy atom. The lowest BCUT2D eigenvalue weighted by atomic mass is 10.0. The van der Waals surface area contributed by atoms with Crippen molar-refractivity contribution in [1.29, 1.82) is 0 Å². The van der Waals surface area contributed by atoms with Gasteiger partial charge in [-0.15, -0.1) is 20.1 Å². The largest absolute Gasteiger partial charge is 0.494 e. The van der Waals surface area contributed by atoms with Crippen molar-refractivity contribution in [2.75, 3.05) is 19.8 Å². The normalized spacial score (nSPS) is 13.4. The van der Waals surface area contributed by atoms with Gasteiger partial charge in [0.15, 0.2) is 0 Å². The Bertz CT molecular complexity index is 1290. The van der Waals surface area contributed by atoms with Crippen LogP contribution in [0.4, 0.5) is 26.3 Å². The molecule has 0 aliphatic heterocycles. The Morgan fingerprint density at radius 1 is 0.950 bits per heavy atom. The number of hydrogen-bond donors (Lipinski definition) is 2. The summed E-state index contributed by atoms with van der Waals surface area (Å²) in [6.45, 7) is -0.139. The fourth-order valence-corrected chi connectivity index (χ4v) is 4.69. The van der Waals surface area contributed by atoms with Crippen LogP contribution < -0.4 is 16.2 Å². The van der Waals surface area contributed by atoms with Crippen LogP contribution >= 0.6 is 11.3 Å². The second kappa shape index (κ2) is 13.2. The third kappa shape index (κ3) is 9.06. The predicted octanol–water partition coefficient (Wildman–Crippen LogP) is 5.89. The van der Waals surface area contributed by atoms with E-state index in [-0.39, 0.29) is 12.3 Å². The van der Waals surface area contributed by atoms with Gasteiger partial charge < -0.3 is 20.9 Å². The highest BCUT2D eigenvalue weighted by atomic mass is 32.1. The van der Waals surface area contributed by atoms with Gasteiger partial charge in [0.25, 0.3) is 0 Å². The van der Waals surface area contributed by atoms with Crippen molar-refractivity contribution in [2.45, 2.75) is 50.7 Å². The molecular formula is C26H28F6N2O5S. The van der Waals surface area contributed by atoms with E-state index in [0.717, 1.165) is 26.9 Å². The molecule has 4 N–H and O–H groups in total. The van der Waals surface area contributed by atoms with Gasteiger partial charge in [0.1, 0.15) is 11.8 Å². The summed E-state index contributed by atoms with van der Waals surface area (Å²) in [4.78, 5) is 12.3. The minimum absolute atomic E-state index is 0.207. The molecule has 0 saturated carbocycles. The van der Waals surface area contributed by atoms with Crippen LogP contribution in [0.15, 0.2) is 48.5 Å². The highest BCUT2D eigenvalue weighted by Gasteiger charge is 2.52. The molecule has 3 aromatic rings. The molecule has 0 fully saturated rings. The highest BCUT2D eigenvalue weighted by Crippen LogP contribution is 2.38. The highest BCUT2D eigenvalue weighted by molar-refractivity contribution is 7.22. The number of carbonyl (C=O) groups is 1. The van der Waals surface area contributed by atoms with Crippen LogP contribution in [0.5, 0.6) is 5.75 Å². The van der Waals surface area contributed by atoms with E-state index in [1.54, 1.807) is 12.1 Å². The summed E-state index contributed by atoms with van der Waals surface area (Å²) < 4.78 is 99.6. The van der Waals surface area contributed by atoms with Crippen molar-refractivity contribution < 1.29 is 50.1 Å². The zero-order valence-electron chi connectivity index (χ0n) is 21.3. The number of ether oxygens (including phenoxy) is 4. The quantitative estimate of drug-likeness (QED) is 0.128. The second-order valence-corrected chi connectivity index (χ2v) is 9.71. The van der Waals surface area contributed by atoms with Crippen LogP contribution in [0.25, 0.3) is 20.5 Å². The lowest BCUT2D eigenvalue weighted by Gasteiger charge is -2.26. The van der Waals surface area contributed by atoms with Crippen LogP contribution in [0.1, 0.15) is 25.3 Å². The summed E-state index contributed by atoms with van der Waals surface area (Å²) in [6, 6.07) is 13.5. The number of esters is 1. The zero-order chi connectivity index (χ0) is 29.6. The maximum Gasteiger partial charge on any atom is 0.494 e. The number of rotatable bonds is 15. The Hall–Kier alpha value is -2.91. The SMILES string of the molecule is CCc1ccccc1-c1cc2ccc(OCCC(F)(F)OC(F)(F)OC(F)(F)CCOC(=O)C(N)CN)cc2s1. The van der Waals surface area contributed by atoms with Gasteiger partial charge in [-0.2, -0.15) is 17.6 Å². The lowest BCUT2D eigenvalue weighted by Crippen LogP contribution is -2.42. The number of benzene rings is 2. The molecule has 0 saturated heterocycles. The van der Waals surface area contributed by atoms with E-state index in [0.29, 0.717) is 0 Å². The van der Waals surface area contributed by atoms with Crippen LogP contribution in [-0.4, -0.2) is 50.3 Å². The van der Waals surface area contributed by atoms with Crippen LogP contribution in [-0.2, 0) is 25.4 Å². The molecule has 1 aromatic heterocycles. The first-order chi connectivity index (χ1) is 18.7. The maximum atomic E-state index is 14.0. The van der Waals surface area contributed by atoms with Crippen molar-refractivity contribution in [3.05, 3.63) is 54.1 Å². The fraction of sp³-hybridized carbons (Fsp3) is 0.423. The second-order valence-electron chi connectivity index (χ2n) is 8.62. The molecule has 0 bridgehead atoms. The monoisotopic (exact) mass is 594 g/mol. The van der Waals surface area contributed by atoms with Gasteiger partial charge in [0.05, 0.1) is 26.1 Å². The van der Waals surface area contributed by atoms with Crippen molar-refractivity contribution in [1.82, 2.24) is 0 Å². The molecule has 14 heteroatoms. The van der Waals surface area contributed by atoms with E-state index in [1.165, 1.54) is 23.0 Å². The molecule has 0 spiro atoms. The molecule has 3 rings (SSSR count). The van der Waals surface area contributed by atoms with Gasteiger partial charge in [0, 0.05) is 16.1 Å². The molecule has 2 aromatic carbocycles. The topological polar surface area (TPSA) is 106 Å². The van der Waals surface area contributed by atoms with E-state index in [4.69, 9.17) is 16.2 Å². The van der Waals surface area contributed by atoms with Gasteiger partial charge >= 0.3 is 24.5 Å². The molecular weight excluding hydrogens is 566 g/mol. The van der Waals surface area contributed by atoms with E-state index < -0.39 is 56.6 Å². The fourth-order valence-electron chi connectivity index (χ4n) is 3.53. The zero-order valence-corrected chi connectivity index (χ0v) is 22.1. The lowest BCUT2D eigenvalue weighted by molar-refractivity contribution is -0.514. The number of alkyl halides is 6. The number of hydrogen-bond acceptors (Lipinski definition) is 8. The van der Waals surface area contributed by atoms with Gasteiger partial charge in [-0.1, -0.05) is 31.2 Å². The Morgan fingerprint density at radius 2 is 1.60 bits per heavy atom. The van der Waals surface area contributed by atoms with E-state index in [2.05, 4.69) is 14.2 Å². The van der Waals surface area contributed by atoms with Crippen molar-refractivity contribution in [3.8, 4) is 16.2 Å². The first kappa shape index (κ1) is 31.6. The summed E-state index contributed by atoms with van der Waals surface area (Å²) in [7, 11) is 0. The Balaban J connectivity index is 1.53. The third-order valence-electron chi connectivity index (χ3n) is 5.55. The van der Waals surface area contributed by atoms with Crippen molar-refractivity contribution in [3.63, 3.8) is 0 Å². The van der Waals surface area contributed by atoms with E-state index in [1.807, 2.05) is 37.3 Å².